The Kier molecular flexibility index (Phi) is 2.93. The molecule has 2 aliphatic rings. The van der Waals surface area contributed by atoms with Gasteiger partial charge in [-0.3, -0.25) is 0 Å². The standard InChI is InChI=1S/C16H19ClFN3/c1-8(11-5-9-2-3-10(11)4-9)21-15-7-13(18)12(17)6-14(15)20-16(21)19/h6-11H,2-5H2,1H3,(H2,19,20). The molecule has 0 amide bonds. The van der Waals surface area contributed by atoms with Gasteiger partial charge in [0.05, 0.1) is 16.1 Å². The van der Waals surface area contributed by atoms with E-state index in [1.165, 1.54) is 31.7 Å². The van der Waals surface area contributed by atoms with E-state index in [2.05, 4.69) is 11.9 Å². The molecule has 2 N–H and O–H groups in total. The van der Waals surface area contributed by atoms with Crippen LogP contribution in [0.1, 0.15) is 38.6 Å². The predicted octanol–water partition coefficient (Wildman–Crippen LogP) is 4.41. The van der Waals surface area contributed by atoms with Crippen LogP contribution < -0.4 is 5.73 Å². The Bertz CT molecular complexity index is 711. The molecule has 0 saturated heterocycles. The van der Waals surface area contributed by atoms with E-state index in [0.29, 0.717) is 17.4 Å². The Morgan fingerprint density at radius 2 is 2.19 bits per heavy atom. The molecule has 21 heavy (non-hydrogen) atoms. The maximum Gasteiger partial charge on any atom is 0.201 e. The molecule has 112 valence electrons. The fourth-order valence-electron chi connectivity index (χ4n) is 4.61. The minimum absolute atomic E-state index is 0.0970. The van der Waals surface area contributed by atoms with Gasteiger partial charge in [-0.15, -0.1) is 0 Å². The van der Waals surface area contributed by atoms with Crippen LogP contribution in [0.25, 0.3) is 11.0 Å². The summed E-state index contributed by atoms with van der Waals surface area (Å²) in [4.78, 5) is 4.36. The van der Waals surface area contributed by atoms with Crippen LogP contribution in [-0.2, 0) is 0 Å². The second-order valence-corrected chi connectivity index (χ2v) is 7.08. The van der Waals surface area contributed by atoms with Crippen molar-refractivity contribution in [3.63, 3.8) is 0 Å². The summed E-state index contributed by atoms with van der Waals surface area (Å²) >= 11 is 5.84. The van der Waals surface area contributed by atoms with Crippen molar-refractivity contribution in [2.45, 2.75) is 38.6 Å². The molecule has 1 heterocycles. The number of fused-ring (bicyclic) bond motifs is 3. The third kappa shape index (κ3) is 1.95. The van der Waals surface area contributed by atoms with Crippen LogP contribution >= 0.6 is 11.6 Å². The van der Waals surface area contributed by atoms with E-state index in [1.807, 2.05) is 4.57 Å². The zero-order valence-corrected chi connectivity index (χ0v) is 12.8. The van der Waals surface area contributed by atoms with Gasteiger partial charge in [-0.1, -0.05) is 18.0 Å². The molecule has 1 aromatic carbocycles. The Hall–Kier alpha value is -1.29. The molecule has 4 rings (SSSR count). The van der Waals surface area contributed by atoms with E-state index in [-0.39, 0.29) is 11.1 Å². The summed E-state index contributed by atoms with van der Waals surface area (Å²) in [6.07, 6.45) is 5.31. The molecule has 0 radical (unpaired) electrons. The van der Waals surface area contributed by atoms with Crippen molar-refractivity contribution in [1.29, 1.82) is 0 Å². The second-order valence-electron chi connectivity index (χ2n) is 6.67. The maximum atomic E-state index is 13.8. The van der Waals surface area contributed by atoms with Crippen molar-refractivity contribution < 1.29 is 4.39 Å². The number of aromatic nitrogens is 2. The topological polar surface area (TPSA) is 43.8 Å². The van der Waals surface area contributed by atoms with Crippen LogP contribution in [0.15, 0.2) is 12.1 Å². The number of halogens is 2. The van der Waals surface area contributed by atoms with E-state index in [1.54, 1.807) is 6.07 Å². The molecule has 2 aliphatic carbocycles. The van der Waals surface area contributed by atoms with Crippen LogP contribution in [0, 0.1) is 23.6 Å². The molecular formula is C16H19ClFN3. The van der Waals surface area contributed by atoms with Crippen molar-refractivity contribution in [3.8, 4) is 0 Å². The van der Waals surface area contributed by atoms with E-state index in [4.69, 9.17) is 17.3 Å². The number of rotatable bonds is 2. The first-order valence-corrected chi connectivity index (χ1v) is 8.05. The van der Waals surface area contributed by atoms with Crippen molar-refractivity contribution in [2.24, 2.45) is 17.8 Å². The zero-order valence-electron chi connectivity index (χ0n) is 12.0. The monoisotopic (exact) mass is 307 g/mol. The fourth-order valence-corrected chi connectivity index (χ4v) is 4.77. The van der Waals surface area contributed by atoms with Gasteiger partial charge in [-0.2, -0.15) is 0 Å². The molecule has 4 atom stereocenters. The van der Waals surface area contributed by atoms with Crippen LogP contribution in [-0.4, -0.2) is 9.55 Å². The minimum atomic E-state index is -0.412. The number of anilines is 1. The largest absolute Gasteiger partial charge is 0.369 e. The van der Waals surface area contributed by atoms with Gasteiger partial charge in [0.2, 0.25) is 5.95 Å². The lowest BCUT2D eigenvalue weighted by Crippen LogP contribution is -2.23. The quantitative estimate of drug-likeness (QED) is 0.893. The lowest BCUT2D eigenvalue weighted by molar-refractivity contribution is 0.248. The average molecular weight is 308 g/mol. The van der Waals surface area contributed by atoms with Gasteiger partial charge in [0.1, 0.15) is 5.82 Å². The van der Waals surface area contributed by atoms with Crippen LogP contribution in [0.4, 0.5) is 10.3 Å². The van der Waals surface area contributed by atoms with Gasteiger partial charge >= 0.3 is 0 Å². The molecule has 2 saturated carbocycles. The minimum Gasteiger partial charge on any atom is -0.369 e. The second kappa shape index (κ2) is 4.60. The highest BCUT2D eigenvalue weighted by Gasteiger charge is 2.42. The number of hydrogen-bond acceptors (Lipinski definition) is 2. The zero-order chi connectivity index (χ0) is 14.7. The smallest absolute Gasteiger partial charge is 0.201 e. The van der Waals surface area contributed by atoms with Gasteiger partial charge in [0, 0.05) is 12.1 Å². The molecule has 1 aromatic heterocycles. The number of nitrogens with two attached hydrogens (primary N) is 1. The summed E-state index contributed by atoms with van der Waals surface area (Å²) in [5.41, 5.74) is 7.54. The molecule has 3 nitrogen and oxygen atoms in total. The lowest BCUT2D eigenvalue weighted by atomic mass is 9.84. The van der Waals surface area contributed by atoms with Crippen LogP contribution in [0.2, 0.25) is 5.02 Å². The number of imidazole rings is 1. The molecule has 2 aromatic rings. The Morgan fingerprint density at radius 1 is 1.38 bits per heavy atom. The van der Waals surface area contributed by atoms with Gasteiger partial charge < -0.3 is 10.3 Å². The third-order valence-corrected chi connectivity index (χ3v) is 5.87. The van der Waals surface area contributed by atoms with E-state index in [0.717, 1.165) is 17.4 Å². The van der Waals surface area contributed by atoms with Gasteiger partial charge in [-0.05, 0) is 50.0 Å². The number of benzene rings is 1. The summed E-state index contributed by atoms with van der Waals surface area (Å²) in [7, 11) is 0. The first kappa shape index (κ1) is 13.4. The number of nitrogens with zero attached hydrogens (tertiary/aromatic N) is 2. The average Bonchev–Trinajstić information content (AvgIpc) is 3.12. The van der Waals surface area contributed by atoms with E-state index < -0.39 is 5.82 Å². The highest BCUT2D eigenvalue weighted by molar-refractivity contribution is 6.31. The molecule has 2 fully saturated rings. The van der Waals surface area contributed by atoms with Gasteiger partial charge in [0.25, 0.3) is 0 Å². The molecule has 2 bridgehead atoms. The van der Waals surface area contributed by atoms with Gasteiger partial charge in [0.15, 0.2) is 0 Å². The van der Waals surface area contributed by atoms with Crippen molar-refractivity contribution in [2.75, 3.05) is 5.73 Å². The third-order valence-electron chi connectivity index (χ3n) is 5.58. The molecule has 0 spiro atoms. The Labute approximate surface area is 128 Å². The number of nitrogen functional groups attached to an aromatic ring is 1. The summed E-state index contributed by atoms with van der Waals surface area (Å²) in [5.74, 6) is 2.35. The van der Waals surface area contributed by atoms with Crippen molar-refractivity contribution in [1.82, 2.24) is 9.55 Å². The SMILES string of the molecule is CC(C1CC2CCC1C2)n1c(N)nc2cc(Cl)c(F)cc21. The van der Waals surface area contributed by atoms with Crippen LogP contribution in [0.5, 0.6) is 0 Å². The predicted molar refractivity (Wildman–Crippen MR) is 82.8 cm³/mol. The van der Waals surface area contributed by atoms with Crippen molar-refractivity contribution in [3.05, 3.63) is 23.0 Å². The molecule has 5 heteroatoms. The summed E-state index contributed by atoms with van der Waals surface area (Å²) in [6, 6.07) is 3.28. The lowest BCUT2D eigenvalue weighted by Gasteiger charge is -2.29. The summed E-state index contributed by atoms with van der Waals surface area (Å²) in [5, 5.41) is 0.0970. The van der Waals surface area contributed by atoms with E-state index in [9.17, 15) is 4.39 Å². The Balaban J connectivity index is 1.78. The summed E-state index contributed by atoms with van der Waals surface area (Å²) < 4.78 is 15.8. The highest BCUT2D eigenvalue weighted by atomic mass is 35.5. The maximum absolute atomic E-state index is 13.8. The normalized spacial score (nSPS) is 29.4. The Morgan fingerprint density at radius 3 is 2.86 bits per heavy atom. The molecule has 4 unspecified atom stereocenters. The molecule has 0 aliphatic heterocycles. The fraction of sp³-hybridized carbons (Fsp3) is 0.562. The first-order chi connectivity index (χ1) is 10.0. The number of hydrogen-bond donors (Lipinski definition) is 1. The van der Waals surface area contributed by atoms with Gasteiger partial charge in [-0.25, -0.2) is 9.37 Å². The van der Waals surface area contributed by atoms with Crippen molar-refractivity contribution >= 4 is 28.6 Å². The first-order valence-electron chi connectivity index (χ1n) is 7.67. The van der Waals surface area contributed by atoms with Crippen LogP contribution in [0.3, 0.4) is 0 Å². The van der Waals surface area contributed by atoms with E-state index >= 15 is 0 Å². The highest BCUT2D eigenvalue weighted by Crippen LogP contribution is 2.52. The summed E-state index contributed by atoms with van der Waals surface area (Å²) in [6.45, 7) is 2.19. The molecular weight excluding hydrogens is 289 g/mol.